The van der Waals surface area contributed by atoms with E-state index in [-0.39, 0.29) is 11.5 Å². The zero-order chi connectivity index (χ0) is 19.4. The maximum absolute atomic E-state index is 12.5. The van der Waals surface area contributed by atoms with Gasteiger partial charge in [-0.25, -0.2) is 9.97 Å². The maximum atomic E-state index is 12.5. The number of Topliss-reactive ketones (excluding diaryl/α,β-unsaturated/α-hetero) is 1. The van der Waals surface area contributed by atoms with E-state index >= 15 is 0 Å². The Hall–Kier alpha value is -2.76. The van der Waals surface area contributed by atoms with Gasteiger partial charge in [-0.1, -0.05) is 45.0 Å². The number of carbonyl (C=O) groups is 2. The van der Waals surface area contributed by atoms with Crippen LogP contribution in [0.15, 0.2) is 42.7 Å². The summed E-state index contributed by atoms with van der Waals surface area (Å²) in [5.74, 6) is -0.400. The van der Waals surface area contributed by atoms with Gasteiger partial charge in [0, 0.05) is 37.1 Å². The van der Waals surface area contributed by atoms with Crippen LogP contribution in [0.25, 0.3) is 0 Å². The monoisotopic (exact) mass is 366 g/mol. The Morgan fingerprint density at radius 2 is 1.78 bits per heavy atom. The van der Waals surface area contributed by atoms with Gasteiger partial charge >= 0.3 is 0 Å². The van der Waals surface area contributed by atoms with E-state index in [0.29, 0.717) is 18.1 Å². The Morgan fingerprint density at radius 3 is 2.41 bits per heavy atom. The summed E-state index contributed by atoms with van der Waals surface area (Å²) in [7, 11) is 0. The van der Waals surface area contributed by atoms with E-state index in [2.05, 4.69) is 36.1 Å². The van der Waals surface area contributed by atoms with E-state index < -0.39 is 11.7 Å². The average molecular weight is 366 g/mol. The molecule has 1 aromatic carbocycles. The second-order valence-corrected chi connectivity index (χ2v) is 7.96. The minimum atomic E-state index is -0.556. The van der Waals surface area contributed by atoms with Gasteiger partial charge in [0.1, 0.15) is 0 Å². The minimum Gasteiger partial charge on any atom is -0.345 e. The summed E-state index contributed by atoms with van der Waals surface area (Å²) in [6, 6.07) is 8.97. The predicted molar refractivity (Wildman–Crippen MR) is 105 cm³/mol. The highest BCUT2D eigenvalue weighted by molar-refractivity contribution is 6.42. The van der Waals surface area contributed by atoms with Crippen LogP contribution in [-0.4, -0.2) is 40.8 Å². The molecule has 6 nitrogen and oxygen atoms in total. The third-order valence-corrected chi connectivity index (χ3v) is 4.81. The highest BCUT2D eigenvalue weighted by Crippen LogP contribution is 2.22. The van der Waals surface area contributed by atoms with E-state index in [9.17, 15) is 9.59 Å². The summed E-state index contributed by atoms with van der Waals surface area (Å²) < 4.78 is 0. The fourth-order valence-electron chi connectivity index (χ4n) is 3.23. The third kappa shape index (κ3) is 4.70. The van der Waals surface area contributed by atoms with Crippen LogP contribution in [0.1, 0.15) is 49.5 Å². The van der Waals surface area contributed by atoms with Crippen molar-refractivity contribution in [2.75, 3.05) is 18.0 Å². The Kier molecular flexibility index (Phi) is 5.54. The number of rotatable bonds is 4. The quantitative estimate of drug-likeness (QED) is 0.665. The number of anilines is 1. The molecule has 2 aromatic rings. The van der Waals surface area contributed by atoms with Crippen molar-refractivity contribution in [1.29, 1.82) is 0 Å². The third-order valence-electron chi connectivity index (χ3n) is 4.81. The van der Waals surface area contributed by atoms with E-state index in [4.69, 9.17) is 0 Å². The molecule has 3 rings (SSSR count). The number of hydrogen-bond acceptors (Lipinski definition) is 5. The van der Waals surface area contributed by atoms with Gasteiger partial charge in [0.15, 0.2) is 0 Å². The van der Waals surface area contributed by atoms with Crippen molar-refractivity contribution in [1.82, 2.24) is 15.3 Å². The number of nitrogens with one attached hydrogen (secondary N) is 1. The van der Waals surface area contributed by atoms with Gasteiger partial charge in [0.25, 0.3) is 5.91 Å². The summed E-state index contributed by atoms with van der Waals surface area (Å²) in [5, 5.41) is 2.88. The average Bonchev–Trinajstić information content (AvgIpc) is 2.67. The fraction of sp³-hybridized carbons (Fsp3) is 0.429. The molecule has 0 aliphatic carbocycles. The molecule has 1 aliphatic heterocycles. The molecule has 1 atom stereocenters. The van der Waals surface area contributed by atoms with Crippen LogP contribution in [0.5, 0.6) is 0 Å². The van der Waals surface area contributed by atoms with Gasteiger partial charge in [-0.2, -0.15) is 0 Å². The summed E-state index contributed by atoms with van der Waals surface area (Å²) in [5.41, 5.74) is 1.55. The smallest absolute Gasteiger partial charge is 0.292 e. The van der Waals surface area contributed by atoms with Crippen LogP contribution in [0.4, 0.5) is 5.95 Å². The van der Waals surface area contributed by atoms with Crippen molar-refractivity contribution in [2.24, 2.45) is 0 Å². The van der Waals surface area contributed by atoms with Gasteiger partial charge in [-0.15, -0.1) is 0 Å². The molecule has 1 fully saturated rings. The molecule has 1 saturated heterocycles. The predicted octanol–water partition coefficient (Wildman–Crippen LogP) is 2.74. The van der Waals surface area contributed by atoms with Gasteiger partial charge < -0.3 is 10.2 Å². The molecule has 2 heterocycles. The molecule has 0 radical (unpaired) electrons. The largest absolute Gasteiger partial charge is 0.345 e. The lowest BCUT2D eigenvalue weighted by atomic mass is 9.86. The fourth-order valence-corrected chi connectivity index (χ4v) is 3.23. The molecule has 0 saturated carbocycles. The summed E-state index contributed by atoms with van der Waals surface area (Å²) in [6.07, 6.45) is 5.16. The van der Waals surface area contributed by atoms with E-state index in [1.807, 2.05) is 17.0 Å². The second-order valence-electron chi connectivity index (χ2n) is 7.96. The molecule has 6 heteroatoms. The summed E-state index contributed by atoms with van der Waals surface area (Å²) >= 11 is 0. The number of benzene rings is 1. The molecule has 1 aliphatic rings. The van der Waals surface area contributed by atoms with Gasteiger partial charge in [0.2, 0.25) is 11.7 Å². The maximum Gasteiger partial charge on any atom is 0.292 e. The topological polar surface area (TPSA) is 75.2 Å². The second kappa shape index (κ2) is 7.86. The first-order valence-corrected chi connectivity index (χ1v) is 9.32. The number of amides is 1. The van der Waals surface area contributed by atoms with Crippen LogP contribution in [0.2, 0.25) is 0 Å². The Balaban J connectivity index is 1.62. The zero-order valence-electron chi connectivity index (χ0n) is 16.1. The lowest BCUT2D eigenvalue weighted by molar-refractivity contribution is -0.117. The van der Waals surface area contributed by atoms with Crippen molar-refractivity contribution in [3.8, 4) is 0 Å². The normalized spacial score (nSPS) is 17.4. The van der Waals surface area contributed by atoms with Crippen molar-refractivity contribution >= 4 is 17.6 Å². The van der Waals surface area contributed by atoms with Crippen molar-refractivity contribution in [3.05, 3.63) is 53.9 Å². The van der Waals surface area contributed by atoms with Crippen molar-refractivity contribution < 1.29 is 9.59 Å². The zero-order valence-corrected chi connectivity index (χ0v) is 16.1. The van der Waals surface area contributed by atoms with Crippen LogP contribution >= 0.6 is 0 Å². The molecule has 0 spiro atoms. The minimum absolute atomic E-state index is 0.00883. The Labute approximate surface area is 160 Å². The van der Waals surface area contributed by atoms with Crippen molar-refractivity contribution in [2.45, 2.75) is 45.1 Å². The SMILES string of the molecule is CC(C)(C)c1ccc(C(=O)C(=O)NC2CCCN(c3ncccn3)C2)cc1. The molecule has 142 valence electrons. The van der Waals surface area contributed by atoms with Gasteiger partial charge in [0.05, 0.1) is 0 Å². The van der Waals surface area contributed by atoms with Crippen LogP contribution < -0.4 is 10.2 Å². The van der Waals surface area contributed by atoms with Gasteiger partial charge in [-0.3, -0.25) is 9.59 Å². The molecule has 1 amide bonds. The number of ketones is 1. The van der Waals surface area contributed by atoms with E-state index in [1.165, 1.54) is 0 Å². The number of piperidine rings is 1. The van der Waals surface area contributed by atoms with Crippen LogP contribution in [0.3, 0.4) is 0 Å². The first-order valence-electron chi connectivity index (χ1n) is 9.32. The number of hydrogen-bond donors (Lipinski definition) is 1. The van der Waals surface area contributed by atoms with E-state index in [1.54, 1.807) is 30.6 Å². The van der Waals surface area contributed by atoms with Crippen LogP contribution in [-0.2, 0) is 10.2 Å². The molecule has 27 heavy (non-hydrogen) atoms. The molecule has 1 aromatic heterocycles. The molecule has 1 N–H and O–H groups in total. The highest BCUT2D eigenvalue weighted by Gasteiger charge is 2.26. The number of carbonyl (C=O) groups excluding carboxylic acids is 2. The lowest BCUT2D eigenvalue weighted by Crippen LogP contribution is -2.49. The van der Waals surface area contributed by atoms with Crippen molar-refractivity contribution in [3.63, 3.8) is 0 Å². The number of nitrogens with zero attached hydrogens (tertiary/aromatic N) is 3. The van der Waals surface area contributed by atoms with Gasteiger partial charge in [-0.05, 0) is 29.9 Å². The summed E-state index contributed by atoms with van der Waals surface area (Å²) in [6.45, 7) is 7.79. The van der Waals surface area contributed by atoms with E-state index in [0.717, 1.165) is 24.9 Å². The standard InChI is InChI=1S/C21H26N4O2/c1-21(2,3)16-9-7-15(8-10-16)18(26)19(27)24-17-6-4-13-25(14-17)20-22-11-5-12-23-20/h5,7-12,17H,4,6,13-14H2,1-3H3,(H,24,27). The molecular formula is C21H26N4O2. The molecule has 0 bridgehead atoms. The van der Waals surface area contributed by atoms with Crippen LogP contribution in [0, 0.1) is 0 Å². The molecule has 1 unspecified atom stereocenters. The Bertz CT molecular complexity index is 797. The first-order chi connectivity index (χ1) is 12.8. The first kappa shape index (κ1) is 19.0. The lowest BCUT2D eigenvalue weighted by Gasteiger charge is -2.32. The Morgan fingerprint density at radius 1 is 1.11 bits per heavy atom. The highest BCUT2D eigenvalue weighted by atomic mass is 16.2. The number of aromatic nitrogens is 2. The molecular weight excluding hydrogens is 340 g/mol. The summed E-state index contributed by atoms with van der Waals surface area (Å²) in [4.78, 5) is 35.5.